The Morgan fingerprint density at radius 1 is 1.56 bits per heavy atom. The summed E-state index contributed by atoms with van der Waals surface area (Å²) in [5, 5.41) is 19.2. The molecule has 6 N–H and O–H groups in total. The van der Waals surface area contributed by atoms with Gasteiger partial charge in [0.15, 0.2) is 5.15 Å². The normalized spacial score (nSPS) is 14.4. The summed E-state index contributed by atoms with van der Waals surface area (Å²) in [6, 6.07) is 1.38. The maximum absolute atomic E-state index is 10.6. The zero-order chi connectivity index (χ0) is 12.3. The molecule has 0 aliphatic carbocycles. The molecule has 1 heterocycles. The molecule has 1 rings (SSSR count). The Morgan fingerprint density at radius 2 is 2.19 bits per heavy atom. The maximum Gasteiger partial charge on any atom is 0.220 e. The number of primary amides is 1. The number of carbonyl (C=O) groups excluding carboxylic acids is 1. The number of nitrogens with zero attached hydrogens (tertiary/aromatic N) is 1. The Hall–Kier alpha value is -1.37. The summed E-state index contributed by atoms with van der Waals surface area (Å²) in [6.07, 6.45) is -1.64. The molecule has 0 aliphatic rings. The third kappa shape index (κ3) is 3.06. The summed E-state index contributed by atoms with van der Waals surface area (Å²) < 4.78 is 0. The van der Waals surface area contributed by atoms with E-state index in [1.54, 1.807) is 0 Å². The van der Waals surface area contributed by atoms with E-state index >= 15 is 0 Å². The molecule has 0 radical (unpaired) electrons. The van der Waals surface area contributed by atoms with E-state index in [9.17, 15) is 15.0 Å². The van der Waals surface area contributed by atoms with Crippen LogP contribution < -0.4 is 11.5 Å². The Bertz CT molecular complexity index is 400. The standard InChI is InChI=1S/C9H12ClN3O3/c10-9-5(11)1-4(3-13-9)8(16)6(14)2-7(12)15/h1,3,6,8,14,16H,2,11H2,(H2,12,15). The number of anilines is 1. The molecule has 2 unspecified atom stereocenters. The van der Waals surface area contributed by atoms with Gasteiger partial charge in [0.1, 0.15) is 6.10 Å². The van der Waals surface area contributed by atoms with Gasteiger partial charge in [-0.15, -0.1) is 0 Å². The number of halogens is 1. The van der Waals surface area contributed by atoms with Crippen LogP contribution in [0.2, 0.25) is 5.15 Å². The molecule has 0 aliphatic heterocycles. The van der Waals surface area contributed by atoms with E-state index in [0.29, 0.717) is 0 Å². The van der Waals surface area contributed by atoms with E-state index in [1.807, 2.05) is 0 Å². The van der Waals surface area contributed by atoms with Crippen molar-refractivity contribution in [3.05, 3.63) is 23.0 Å². The van der Waals surface area contributed by atoms with Crippen LogP contribution in [0.25, 0.3) is 0 Å². The molecule has 0 saturated heterocycles. The summed E-state index contributed by atoms with van der Waals surface area (Å²) in [7, 11) is 0. The molecule has 0 fully saturated rings. The fourth-order valence-electron chi connectivity index (χ4n) is 1.18. The predicted octanol–water partition coefficient (Wildman–Crippen LogP) is -0.413. The molecule has 0 bridgehead atoms. The van der Waals surface area contributed by atoms with E-state index in [4.69, 9.17) is 23.1 Å². The van der Waals surface area contributed by atoms with Crippen LogP contribution in [0.5, 0.6) is 0 Å². The Labute approximate surface area is 96.8 Å². The van der Waals surface area contributed by atoms with Gasteiger partial charge in [-0.2, -0.15) is 0 Å². The van der Waals surface area contributed by atoms with E-state index < -0.39 is 18.1 Å². The second-order valence-electron chi connectivity index (χ2n) is 3.33. The zero-order valence-corrected chi connectivity index (χ0v) is 9.05. The molecule has 6 nitrogen and oxygen atoms in total. The molecule has 1 amide bonds. The van der Waals surface area contributed by atoms with Crippen LogP contribution in [0.1, 0.15) is 18.1 Å². The van der Waals surface area contributed by atoms with Crippen LogP contribution in [0.3, 0.4) is 0 Å². The molecule has 0 aromatic carbocycles. The van der Waals surface area contributed by atoms with E-state index in [0.717, 1.165) is 0 Å². The minimum Gasteiger partial charge on any atom is -0.396 e. The van der Waals surface area contributed by atoms with Gasteiger partial charge in [-0.05, 0) is 6.07 Å². The SMILES string of the molecule is NC(=O)CC(O)C(O)c1cnc(Cl)c(N)c1. The topological polar surface area (TPSA) is 122 Å². The number of rotatable bonds is 4. The van der Waals surface area contributed by atoms with Crippen LogP contribution in [0, 0.1) is 0 Å². The van der Waals surface area contributed by atoms with E-state index in [1.165, 1.54) is 12.3 Å². The van der Waals surface area contributed by atoms with Crippen LogP contribution in [-0.4, -0.2) is 27.2 Å². The first kappa shape index (κ1) is 12.7. The van der Waals surface area contributed by atoms with Crippen molar-refractivity contribution in [1.82, 2.24) is 4.98 Å². The molecule has 88 valence electrons. The summed E-state index contributed by atoms with van der Waals surface area (Å²) >= 11 is 5.59. The number of amides is 1. The summed E-state index contributed by atoms with van der Waals surface area (Å²) in [4.78, 5) is 14.3. The number of hydrogen-bond donors (Lipinski definition) is 4. The molecule has 0 spiro atoms. The van der Waals surface area contributed by atoms with E-state index in [-0.39, 0.29) is 22.8 Å². The number of aliphatic hydroxyl groups excluding tert-OH is 2. The Balaban J connectivity index is 2.83. The third-order valence-electron chi connectivity index (χ3n) is 2.00. The van der Waals surface area contributed by atoms with Crippen molar-refractivity contribution in [2.24, 2.45) is 5.73 Å². The Kier molecular flexibility index (Phi) is 4.05. The van der Waals surface area contributed by atoms with Crippen LogP contribution in [0.15, 0.2) is 12.3 Å². The molecule has 0 saturated carbocycles. The lowest BCUT2D eigenvalue weighted by molar-refractivity contribution is -0.121. The molecule has 1 aromatic heterocycles. The summed E-state index contributed by atoms with van der Waals surface area (Å²) in [6.45, 7) is 0. The van der Waals surface area contributed by atoms with Crippen molar-refractivity contribution in [2.75, 3.05) is 5.73 Å². The van der Waals surface area contributed by atoms with Crippen LogP contribution in [-0.2, 0) is 4.79 Å². The predicted molar refractivity (Wildman–Crippen MR) is 58.4 cm³/mol. The third-order valence-corrected chi connectivity index (χ3v) is 2.32. The van der Waals surface area contributed by atoms with Gasteiger partial charge in [0.05, 0.1) is 18.2 Å². The lowest BCUT2D eigenvalue weighted by atomic mass is 10.0. The molecular weight excluding hydrogens is 234 g/mol. The number of carbonyl (C=O) groups is 1. The number of hydrogen-bond acceptors (Lipinski definition) is 5. The first-order valence-electron chi connectivity index (χ1n) is 4.47. The average molecular weight is 246 g/mol. The van der Waals surface area contributed by atoms with Crippen molar-refractivity contribution in [3.8, 4) is 0 Å². The van der Waals surface area contributed by atoms with Gasteiger partial charge >= 0.3 is 0 Å². The second-order valence-corrected chi connectivity index (χ2v) is 3.69. The molecule has 1 aromatic rings. The van der Waals surface area contributed by atoms with Crippen molar-refractivity contribution >= 4 is 23.2 Å². The minimum absolute atomic E-state index is 0.111. The van der Waals surface area contributed by atoms with Crippen molar-refractivity contribution in [3.63, 3.8) is 0 Å². The highest BCUT2D eigenvalue weighted by Crippen LogP contribution is 2.23. The first-order chi connectivity index (χ1) is 7.41. The van der Waals surface area contributed by atoms with E-state index in [2.05, 4.69) is 4.98 Å². The lowest BCUT2D eigenvalue weighted by Gasteiger charge is -2.16. The first-order valence-corrected chi connectivity index (χ1v) is 4.85. The molecule has 7 heteroatoms. The average Bonchev–Trinajstić information content (AvgIpc) is 2.20. The highest BCUT2D eigenvalue weighted by Gasteiger charge is 2.21. The number of aromatic nitrogens is 1. The summed E-state index contributed by atoms with van der Waals surface area (Å²) in [5.74, 6) is -0.707. The number of aliphatic hydroxyl groups is 2. The van der Waals surface area contributed by atoms with Gasteiger partial charge in [0, 0.05) is 11.8 Å². The summed E-state index contributed by atoms with van der Waals surface area (Å²) in [5.41, 5.74) is 10.8. The number of pyridine rings is 1. The van der Waals surface area contributed by atoms with Gasteiger partial charge in [0.25, 0.3) is 0 Å². The smallest absolute Gasteiger partial charge is 0.220 e. The molecule has 2 atom stereocenters. The van der Waals surface area contributed by atoms with Crippen LogP contribution in [0.4, 0.5) is 5.69 Å². The van der Waals surface area contributed by atoms with Gasteiger partial charge in [-0.25, -0.2) is 4.98 Å². The highest BCUT2D eigenvalue weighted by atomic mass is 35.5. The zero-order valence-electron chi connectivity index (χ0n) is 8.30. The van der Waals surface area contributed by atoms with Gasteiger partial charge in [0.2, 0.25) is 5.91 Å². The number of nitrogen functional groups attached to an aromatic ring is 1. The van der Waals surface area contributed by atoms with Crippen LogP contribution >= 0.6 is 11.6 Å². The van der Waals surface area contributed by atoms with Gasteiger partial charge in [-0.1, -0.05) is 11.6 Å². The minimum atomic E-state index is -1.29. The molecular formula is C9H12ClN3O3. The van der Waals surface area contributed by atoms with Crippen molar-refractivity contribution in [1.29, 1.82) is 0 Å². The fraction of sp³-hybridized carbons (Fsp3) is 0.333. The monoisotopic (exact) mass is 245 g/mol. The van der Waals surface area contributed by atoms with Crippen molar-refractivity contribution in [2.45, 2.75) is 18.6 Å². The van der Waals surface area contributed by atoms with Gasteiger partial charge < -0.3 is 21.7 Å². The maximum atomic E-state index is 10.6. The van der Waals surface area contributed by atoms with Crippen molar-refractivity contribution < 1.29 is 15.0 Å². The molecule has 16 heavy (non-hydrogen) atoms. The highest BCUT2D eigenvalue weighted by molar-refractivity contribution is 6.31. The lowest BCUT2D eigenvalue weighted by Crippen LogP contribution is -2.25. The largest absolute Gasteiger partial charge is 0.396 e. The number of nitrogens with two attached hydrogens (primary N) is 2. The Morgan fingerprint density at radius 3 is 2.69 bits per heavy atom. The van der Waals surface area contributed by atoms with Gasteiger partial charge in [-0.3, -0.25) is 4.79 Å². The fourth-order valence-corrected chi connectivity index (χ4v) is 1.29. The quantitative estimate of drug-likeness (QED) is 0.537. The second kappa shape index (κ2) is 5.11.